The molecule has 0 radical (unpaired) electrons. The number of hydrogen-bond donors (Lipinski definition) is 1. The van der Waals surface area contributed by atoms with Crippen LogP contribution in [0.3, 0.4) is 0 Å². The highest BCUT2D eigenvalue weighted by Gasteiger charge is 2.36. The lowest BCUT2D eigenvalue weighted by Gasteiger charge is -2.22. The molecule has 1 amide bonds. The van der Waals surface area contributed by atoms with Crippen LogP contribution in [0.25, 0.3) is 0 Å². The molecular formula is C20H29NO3. The van der Waals surface area contributed by atoms with Crippen LogP contribution in [0.2, 0.25) is 0 Å². The van der Waals surface area contributed by atoms with Crippen molar-refractivity contribution in [3.05, 3.63) is 35.9 Å². The maximum atomic E-state index is 12.5. The Balaban J connectivity index is 1.89. The minimum absolute atomic E-state index is 0.0374. The molecular weight excluding hydrogens is 302 g/mol. The van der Waals surface area contributed by atoms with E-state index in [1.165, 1.54) is 5.56 Å². The summed E-state index contributed by atoms with van der Waals surface area (Å²) >= 11 is 0. The molecule has 1 unspecified atom stereocenters. The minimum atomic E-state index is -0.217. The molecule has 1 heterocycles. The highest BCUT2D eigenvalue weighted by Crippen LogP contribution is 2.22. The second kappa shape index (κ2) is 9.45. The summed E-state index contributed by atoms with van der Waals surface area (Å²) in [6.07, 6.45) is 5.56. The summed E-state index contributed by atoms with van der Waals surface area (Å²) in [6.45, 7) is 4.18. The highest BCUT2D eigenvalue weighted by molar-refractivity contribution is 5.81. The van der Waals surface area contributed by atoms with Crippen molar-refractivity contribution in [2.24, 2.45) is 5.92 Å². The number of nitrogens with one attached hydrogen (secondary N) is 1. The highest BCUT2D eigenvalue weighted by atomic mass is 16.6. The molecule has 0 aromatic heterocycles. The van der Waals surface area contributed by atoms with Crippen LogP contribution in [-0.4, -0.2) is 24.0 Å². The predicted octanol–water partition coefficient (Wildman–Crippen LogP) is 3.64. The van der Waals surface area contributed by atoms with E-state index in [1.54, 1.807) is 0 Å². The van der Waals surface area contributed by atoms with Crippen molar-refractivity contribution in [3.63, 3.8) is 0 Å². The standard InChI is InChI=1S/C20H29NO3/c1-3-5-11-16(4-2)20(23)21-17-14-19(22)24-18(17)13-12-15-9-7-6-8-10-15/h6-10,16-18H,3-5,11-14H2,1-2H3,(H,21,23)/t16-,17-,18?/m0/s1. The number of rotatable bonds is 9. The van der Waals surface area contributed by atoms with Gasteiger partial charge in [0.1, 0.15) is 6.10 Å². The average Bonchev–Trinajstić information content (AvgIpc) is 2.94. The van der Waals surface area contributed by atoms with Crippen LogP contribution >= 0.6 is 0 Å². The van der Waals surface area contributed by atoms with Crippen LogP contribution in [0, 0.1) is 5.92 Å². The van der Waals surface area contributed by atoms with Gasteiger partial charge in [-0.05, 0) is 31.2 Å². The lowest BCUT2D eigenvalue weighted by Crippen LogP contribution is -2.43. The van der Waals surface area contributed by atoms with Gasteiger partial charge in [-0.2, -0.15) is 0 Å². The topological polar surface area (TPSA) is 55.4 Å². The Bertz CT molecular complexity index is 529. The minimum Gasteiger partial charge on any atom is -0.460 e. The van der Waals surface area contributed by atoms with Gasteiger partial charge in [-0.1, -0.05) is 57.0 Å². The van der Waals surface area contributed by atoms with Gasteiger partial charge in [0.25, 0.3) is 0 Å². The molecule has 1 aliphatic heterocycles. The third kappa shape index (κ3) is 5.36. The fourth-order valence-corrected chi connectivity index (χ4v) is 3.24. The molecule has 1 fully saturated rings. The number of benzene rings is 1. The van der Waals surface area contributed by atoms with Gasteiger partial charge < -0.3 is 10.1 Å². The predicted molar refractivity (Wildman–Crippen MR) is 94.5 cm³/mol. The van der Waals surface area contributed by atoms with E-state index in [0.717, 1.165) is 38.5 Å². The number of carbonyl (C=O) groups excluding carboxylic acids is 2. The fourth-order valence-electron chi connectivity index (χ4n) is 3.24. The van der Waals surface area contributed by atoms with Gasteiger partial charge in [0.05, 0.1) is 12.5 Å². The molecule has 1 aromatic carbocycles. The summed E-state index contributed by atoms with van der Waals surface area (Å²) in [5, 5.41) is 3.07. The quantitative estimate of drug-likeness (QED) is 0.703. The van der Waals surface area contributed by atoms with E-state index in [9.17, 15) is 9.59 Å². The molecule has 2 rings (SSSR count). The van der Waals surface area contributed by atoms with E-state index < -0.39 is 0 Å². The third-order valence-electron chi connectivity index (χ3n) is 4.78. The molecule has 132 valence electrons. The number of aryl methyl sites for hydroxylation is 1. The lowest BCUT2D eigenvalue weighted by atomic mass is 9.96. The molecule has 0 aliphatic carbocycles. The van der Waals surface area contributed by atoms with Crippen molar-refractivity contribution in [2.75, 3.05) is 0 Å². The largest absolute Gasteiger partial charge is 0.460 e. The van der Waals surface area contributed by atoms with Crippen molar-refractivity contribution in [1.82, 2.24) is 5.32 Å². The zero-order valence-electron chi connectivity index (χ0n) is 14.8. The van der Waals surface area contributed by atoms with Crippen molar-refractivity contribution >= 4 is 11.9 Å². The molecule has 1 saturated heterocycles. The van der Waals surface area contributed by atoms with Gasteiger partial charge in [-0.3, -0.25) is 9.59 Å². The maximum absolute atomic E-state index is 12.5. The molecule has 0 saturated carbocycles. The summed E-state index contributed by atoms with van der Waals surface area (Å²) in [6, 6.07) is 9.96. The fraction of sp³-hybridized carbons (Fsp3) is 0.600. The number of carbonyl (C=O) groups is 2. The Morgan fingerprint density at radius 1 is 1.29 bits per heavy atom. The second-order valence-electron chi connectivity index (χ2n) is 6.62. The number of esters is 1. The Labute approximate surface area is 145 Å². The molecule has 1 N–H and O–H groups in total. The molecule has 3 atom stereocenters. The molecule has 1 aromatic rings. The first kappa shape index (κ1) is 18.5. The van der Waals surface area contributed by atoms with E-state index in [2.05, 4.69) is 24.4 Å². The van der Waals surface area contributed by atoms with Crippen LogP contribution in [0.1, 0.15) is 57.9 Å². The Morgan fingerprint density at radius 2 is 2.04 bits per heavy atom. The SMILES string of the molecule is CCCC[C@H](CC)C(=O)N[C@H]1CC(=O)OC1CCc1ccccc1. The molecule has 4 nitrogen and oxygen atoms in total. The van der Waals surface area contributed by atoms with Crippen LogP contribution < -0.4 is 5.32 Å². The number of cyclic esters (lactones) is 1. The first-order valence-corrected chi connectivity index (χ1v) is 9.17. The van der Waals surface area contributed by atoms with Gasteiger partial charge in [-0.15, -0.1) is 0 Å². The van der Waals surface area contributed by atoms with Crippen molar-refractivity contribution in [2.45, 2.75) is 70.9 Å². The van der Waals surface area contributed by atoms with Gasteiger partial charge in [0, 0.05) is 5.92 Å². The van der Waals surface area contributed by atoms with Crippen molar-refractivity contribution in [3.8, 4) is 0 Å². The van der Waals surface area contributed by atoms with E-state index in [-0.39, 0.29) is 36.4 Å². The zero-order chi connectivity index (χ0) is 17.4. The van der Waals surface area contributed by atoms with Gasteiger partial charge >= 0.3 is 5.97 Å². The number of hydrogen-bond acceptors (Lipinski definition) is 3. The van der Waals surface area contributed by atoms with E-state index in [0.29, 0.717) is 0 Å². The van der Waals surface area contributed by atoms with Gasteiger partial charge in [0.15, 0.2) is 0 Å². The number of ether oxygens (including phenoxy) is 1. The zero-order valence-corrected chi connectivity index (χ0v) is 14.8. The molecule has 24 heavy (non-hydrogen) atoms. The average molecular weight is 331 g/mol. The Kier molecular flexibility index (Phi) is 7.29. The molecule has 1 aliphatic rings. The van der Waals surface area contributed by atoms with E-state index in [1.807, 2.05) is 25.1 Å². The summed E-state index contributed by atoms with van der Waals surface area (Å²) in [5.74, 6) is -0.102. The Hall–Kier alpha value is -1.84. The summed E-state index contributed by atoms with van der Waals surface area (Å²) in [4.78, 5) is 24.2. The number of unbranched alkanes of at least 4 members (excludes halogenated alkanes) is 1. The van der Waals surface area contributed by atoms with Crippen LogP contribution in [0.5, 0.6) is 0 Å². The molecule has 0 spiro atoms. The smallest absolute Gasteiger partial charge is 0.308 e. The van der Waals surface area contributed by atoms with E-state index >= 15 is 0 Å². The normalized spacial score (nSPS) is 21.3. The first-order valence-electron chi connectivity index (χ1n) is 9.17. The van der Waals surface area contributed by atoms with Gasteiger partial charge in [-0.25, -0.2) is 0 Å². The van der Waals surface area contributed by atoms with E-state index in [4.69, 9.17) is 4.74 Å². The van der Waals surface area contributed by atoms with Crippen LogP contribution in [-0.2, 0) is 20.7 Å². The molecule has 4 heteroatoms. The van der Waals surface area contributed by atoms with Crippen LogP contribution in [0.15, 0.2) is 30.3 Å². The summed E-state index contributed by atoms with van der Waals surface area (Å²) in [5.41, 5.74) is 1.22. The summed E-state index contributed by atoms with van der Waals surface area (Å²) < 4.78 is 5.44. The Morgan fingerprint density at radius 3 is 2.71 bits per heavy atom. The monoisotopic (exact) mass is 331 g/mol. The first-order chi connectivity index (χ1) is 11.6. The van der Waals surface area contributed by atoms with Crippen molar-refractivity contribution < 1.29 is 14.3 Å². The van der Waals surface area contributed by atoms with Crippen molar-refractivity contribution in [1.29, 1.82) is 0 Å². The molecule has 0 bridgehead atoms. The maximum Gasteiger partial charge on any atom is 0.308 e. The number of amides is 1. The summed E-state index contributed by atoms with van der Waals surface area (Å²) in [7, 11) is 0. The lowest BCUT2D eigenvalue weighted by molar-refractivity contribution is -0.141. The van der Waals surface area contributed by atoms with Gasteiger partial charge in [0.2, 0.25) is 5.91 Å². The third-order valence-corrected chi connectivity index (χ3v) is 4.78. The second-order valence-corrected chi connectivity index (χ2v) is 6.62. The van der Waals surface area contributed by atoms with Crippen LogP contribution in [0.4, 0.5) is 0 Å².